The van der Waals surface area contributed by atoms with Crippen LogP contribution in [0.5, 0.6) is 0 Å². The van der Waals surface area contributed by atoms with E-state index in [-0.39, 0.29) is 18.4 Å². The second kappa shape index (κ2) is 5.63. The van der Waals surface area contributed by atoms with Crippen LogP contribution in [0.2, 0.25) is 0 Å². The van der Waals surface area contributed by atoms with Gasteiger partial charge in [-0.05, 0) is 25.1 Å². The van der Waals surface area contributed by atoms with Gasteiger partial charge in [-0.1, -0.05) is 15.9 Å². The van der Waals surface area contributed by atoms with Crippen molar-refractivity contribution >= 4 is 27.7 Å². The van der Waals surface area contributed by atoms with Gasteiger partial charge in [0.1, 0.15) is 0 Å². The monoisotopic (exact) mass is 341 g/mol. The molecule has 0 radical (unpaired) electrons. The minimum atomic E-state index is -1.17. The van der Waals surface area contributed by atoms with Crippen LogP contribution in [-0.4, -0.2) is 47.7 Å². The van der Waals surface area contributed by atoms with E-state index in [1.165, 1.54) is 7.11 Å². The summed E-state index contributed by atoms with van der Waals surface area (Å²) in [7, 11) is 1.54. The molecule has 0 fully saturated rings. The summed E-state index contributed by atoms with van der Waals surface area (Å²) in [4.78, 5) is 25.6. The third-order valence-corrected chi connectivity index (χ3v) is 3.77. The highest BCUT2D eigenvalue weighted by Crippen LogP contribution is 2.27. The maximum atomic E-state index is 12.3. The Morgan fingerprint density at radius 1 is 1.30 bits per heavy atom. The van der Waals surface area contributed by atoms with Gasteiger partial charge in [-0.25, -0.2) is 0 Å². The molecule has 0 aromatic heterocycles. The van der Waals surface area contributed by atoms with Gasteiger partial charge in [-0.15, -0.1) is 0 Å². The zero-order valence-corrected chi connectivity index (χ0v) is 12.9. The Hall–Kier alpha value is -1.24. The molecule has 1 atom stereocenters. The van der Waals surface area contributed by atoms with Gasteiger partial charge in [-0.2, -0.15) is 0 Å². The van der Waals surface area contributed by atoms with E-state index in [0.29, 0.717) is 24.2 Å². The average molecular weight is 342 g/mol. The van der Waals surface area contributed by atoms with Crippen LogP contribution in [0.4, 0.5) is 0 Å². The Morgan fingerprint density at radius 2 is 1.95 bits per heavy atom. The quantitative estimate of drug-likeness (QED) is 0.829. The second-order valence-corrected chi connectivity index (χ2v) is 6.04. The summed E-state index contributed by atoms with van der Waals surface area (Å²) in [6.07, 6.45) is 0.348. The molecule has 1 N–H and O–H groups in total. The topological polar surface area (TPSA) is 66.8 Å². The maximum absolute atomic E-state index is 12.3. The third-order valence-electron chi connectivity index (χ3n) is 3.28. The molecule has 1 aromatic carbocycles. The van der Waals surface area contributed by atoms with Gasteiger partial charge in [-0.3, -0.25) is 14.5 Å². The van der Waals surface area contributed by atoms with E-state index in [2.05, 4.69) is 15.9 Å². The summed E-state index contributed by atoms with van der Waals surface area (Å²) in [5.41, 5.74) is -0.423. The molecule has 108 valence electrons. The molecule has 2 amide bonds. The number of methoxy groups -OCH3 is 1. The van der Waals surface area contributed by atoms with Crippen LogP contribution in [0.3, 0.4) is 0 Å². The van der Waals surface area contributed by atoms with Gasteiger partial charge in [0, 0.05) is 24.6 Å². The molecule has 0 bridgehead atoms. The molecule has 1 aromatic rings. The van der Waals surface area contributed by atoms with E-state index in [4.69, 9.17) is 4.74 Å². The first-order valence-electron chi connectivity index (χ1n) is 6.23. The van der Waals surface area contributed by atoms with Crippen molar-refractivity contribution in [3.05, 3.63) is 33.8 Å². The summed E-state index contributed by atoms with van der Waals surface area (Å²) in [5.74, 6) is -0.737. The number of β-amino-alcohol motifs (C(OH)–C–C–N with tert-alkyl or cyclic N) is 1. The first-order chi connectivity index (χ1) is 9.35. The van der Waals surface area contributed by atoms with Crippen LogP contribution in [0, 0.1) is 0 Å². The molecule has 1 aliphatic rings. The second-order valence-electron chi connectivity index (χ2n) is 5.13. The Labute approximate surface area is 125 Å². The number of carbonyl (C=O) groups excluding carboxylic acids is 2. The van der Waals surface area contributed by atoms with Gasteiger partial charge in [0.25, 0.3) is 11.8 Å². The lowest BCUT2D eigenvalue weighted by Gasteiger charge is -2.27. The number of carbonyl (C=O) groups is 2. The molecular formula is C14H16BrNO4. The molecule has 5 nitrogen and oxygen atoms in total. The summed E-state index contributed by atoms with van der Waals surface area (Å²) in [5, 5.41) is 10.2. The number of benzene rings is 1. The van der Waals surface area contributed by atoms with Gasteiger partial charge >= 0.3 is 0 Å². The van der Waals surface area contributed by atoms with E-state index in [1.807, 2.05) is 0 Å². The van der Waals surface area contributed by atoms with Crippen LogP contribution < -0.4 is 0 Å². The fraction of sp³-hybridized carbons (Fsp3) is 0.429. The zero-order valence-electron chi connectivity index (χ0n) is 11.4. The van der Waals surface area contributed by atoms with Gasteiger partial charge < -0.3 is 9.84 Å². The normalized spacial score (nSPS) is 17.3. The smallest absolute Gasteiger partial charge is 0.261 e. The summed E-state index contributed by atoms with van der Waals surface area (Å²) < 4.78 is 5.66. The highest BCUT2D eigenvalue weighted by Gasteiger charge is 2.39. The van der Waals surface area contributed by atoms with Crippen molar-refractivity contribution in [2.75, 3.05) is 20.3 Å². The van der Waals surface area contributed by atoms with Crippen molar-refractivity contribution in [2.24, 2.45) is 0 Å². The van der Waals surface area contributed by atoms with Crippen molar-refractivity contribution in [3.8, 4) is 0 Å². The lowest BCUT2D eigenvalue weighted by molar-refractivity contribution is -0.000289. The average Bonchev–Trinajstić information content (AvgIpc) is 2.61. The molecule has 6 heteroatoms. The Morgan fingerprint density at radius 3 is 2.60 bits per heavy atom. The van der Waals surface area contributed by atoms with E-state index in [1.54, 1.807) is 25.1 Å². The zero-order chi connectivity index (χ0) is 14.9. The third kappa shape index (κ3) is 2.92. The molecule has 0 spiro atoms. The van der Waals surface area contributed by atoms with E-state index >= 15 is 0 Å². The van der Waals surface area contributed by atoms with Crippen molar-refractivity contribution in [1.82, 2.24) is 4.90 Å². The van der Waals surface area contributed by atoms with Gasteiger partial charge in [0.15, 0.2) is 0 Å². The predicted octanol–water partition coefficient (Wildman–Crippen LogP) is 1.83. The number of ether oxygens (including phenoxy) is 1. The van der Waals surface area contributed by atoms with Crippen molar-refractivity contribution in [1.29, 1.82) is 0 Å². The van der Waals surface area contributed by atoms with Crippen LogP contribution in [0.25, 0.3) is 0 Å². The molecule has 1 aliphatic heterocycles. The molecule has 0 saturated carbocycles. The fourth-order valence-electron chi connectivity index (χ4n) is 2.15. The number of halogens is 1. The molecule has 20 heavy (non-hydrogen) atoms. The lowest BCUT2D eigenvalue weighted by atomic mass is 10.0. The van der Waals surface area contributed by atoms with Gasteiger partial charge in [0.05, 0.1) is 23.3 Å². The maximum Gasteiger partial charge on any atom is 0.261 e. The minimum absolute atomic E-state index is 0.0413. The first kappa shape index (κ1) is 15.2. The van der Waals surface area contributed by atoms with E-state index < -0.39 is 5.60 Å². The molecular weight excluding hydrogens is 326 g/mol. The Kier molecular flexibility index (Phi) is 4.27. The Balaban J connectivity index is 2.20. The van der Waals surface area contributed by atoms with Crippen LogP contribution in [0.1, 0.15) is 34.1 Å². The van der Waals surface area contributed by atoms with Crippen LogP contribution in [0.15, 0.2) is 22.7 Å². The first-order valence-corrected chi connectivity index (χ1v) is 7.02. The number of rotatable bonds is 5. The largest absolute Gasteiger partial charge is 0.388 e. The number of imide groups is 1. The number of hydrogen-bond acceptors (Lipinski definition) is 4. The van der Waals surface area contributed by atoms with Crippen LogP contribution in [-0.2, 0) is 4.74 Å². The SMILES string of the molecule is COCCC(C)(O)CN1C(=O)c2ccc(Br)cc2C1=O. The van der Waals surface area contributed by atoms with Crippen LogP contribution >= 0.6 is 15.9 Å². The molecule has 0 aliphatic carbocycles. The molecule has 2 rings (SSSR count). The number of fused-ring (bicyclic) bond motifs is 1. The number of nitrogens with zero attached hydrogens (tertiary/aromatic N) is 1. The minimum Gasteiger partial charge on any atom is -0.388 e. The highest BCUT2D eigenvalue weighted by molar-refractivity contribution is 9.10. The van der Waals surface area contributed by atoms with Crippen molar-refractivity contribution in [2.45, 2.75) is 18.9 Å². The van der Waals surface area contributed by atoms with Gasteiger partial charge in [0.2, 0.25) is 0 Å². The summed E-state index contributed by atoms with van der Waals surface area (Å²) in [6.45, 7) is 1.91. The predicted molar refractivity (Wildman–Crippen MR) is 76.6 cm³/mol. The number of aliphatic hydroxyl groups is 1. The van der Waals surface area contributed by atoms with Crippen molar-refractivity contribution < 1.29 is 19.4 Å². The Bertz CT molecular complexity index is 556. The molecule has 1 heterocycles. The summed E-state index contributed by atoms with van der Waals surface area (Å²) in [6, 6.07) is 4.96. The van der Waals surface area contributed by atoms with E-state index in [0.717, 1.165) is 9.37 Å². The number of amides is 2. The van der Waals surface area contributed by atoms with Crippen molar-refractivity contribution in [3.63, 3.8) is 0 Å². The fourth-order valence-corrected chi connectivity index (χ4v) is 2.51. The lowest BCUT2D eigenvalue weighted by Crippen LogP contribution is -2.44. The van der Waals surface area contributed by atoms with E-state index in [9.17, 15) is 14.7 Å². The highest BCUT2D eigenvalue weighted by atomic mass is 79.9. The summed E-state index contributed by atoms with van der Waals surface area (Å²) >= 11 is 3.28. The standard InChI is InChI=1S/C14H16BrNO4/c1-14(19,5-6-20-2)8-16-12(17)10-4-3-9(15)7-11(10)13(16)18/h3-4,7,19H,5-6,8H2,1-2H3. The molecule has 1 unspecified atom stereocenters. The number of hydrogen-bond donors (Lipinski definition) is 1. The molecule has 0 saturated heterocycles.